The summed E-state index contributed by atoms with van der Waals surface area (Å²) in [6, 6.07) is 14.8. The Balaban J connectivity index is 2.15. The first kappa shape index (κ1) is 16.6. The van der Waals surface area contributed by atoms with Gasteiger partial charge in [-0.3, -0.25) is 9.59 Å². The molecule has 2 aromatic carbocycles. The third-order valence-electron chi connectivity index (χ3n) is 3.10. The quantitative estimate of drug-likeness (QED) is 0.378. The minimum Gasteiger partial charge on any atom is -0.399 e. The van der Waals surface area contributed by atoms with Crippen LogP contribution < -0.4 is 22.1 Å². The van der Waals surface area contributed by atoms with E-state index in [1.807, 2.05) is 0 Å². The first-order valence-corrected chi connectivity index (χ1v) is 6.94. The Morgan fingerprint density at radius 2 is 1.75 bits per heavy atom. The molecule has 0 fully saturated rings. The number of carbonyl (C=O) groups excluding carboxylic acids is 2. The molecule has 0 bridgehead atoms. The van der Waals surface area contributed by atoms with E-state index in [-0.39, 0.29) is 11.1 Å². The van der Waals surface area contributed by atoms with Gasteiger partial charge in [0.2, 0.25) is 0 Å². The van der Waals surface area contributed by atoms with E-state index < -0.39 is 11.8 Å². The smallest absolute Gasteiger partial charge is 0.267 e. The lowest BCUT2D eigenvalue weighted by Gasteiger charge is -2.07. The molecule has 120 valence electrons. The van der Waals surface area contributed by atoms with Crippen LogP contribution in [-0.4, -0.2) is 11.8 Å². The van der Waals surface area contributed by atoms with E-state index in [1.54, 1.807) is 54.6 Å². The van der Waals surface area contributed by atoms with Crippen LogP contribution in [0, 0.1) is 11.3 Å². The fraction of sp³-hybridized carbons (Fsp3) is 0. The highest BCUT2D eigenvalue weighted by Gasteiger charge is 2.11. The molecular formula is C17H15N5O2. The number of benzene rings is 2. The summed E-state index contributed by atoms with van der Waals surface area (Å²) in [6.45, 7) is 0. The van der Waals surface area contributed by atoms with Gasteiger partial charge in [0.15, 0.2) is 0 Å². The largest absolute Gasteiger partial charge is 0.399 e. The van der Waals surface area contributed by atoms with Gasteiger partial charge < -0.3 is 22.1 Å². The predicted molar refractivity (Wildman–Crippen MR) is 91.8 cm³/mol. The van der Waals surface area contributed by atoms with Crippen LogP contribution in [0.1, 0.15) is 10.4 Å². The summed E-state index contributed by atoms with van der Waals surface area (Å²) in [5, 5.41) is 14.5. The maximum absolute atomic E-state index is 12.1. The van der Waals surface area contributed by atoms with E-state index in [0.717, 1.165) is 0 Å². The van der Waals surface area contributed by atoms with E-state index >= 15 is 0 Å². The Hall–Kier alpha value is -3.79. The van der Waals surface area contributed by atoms with Gasteiger partial charge >= 0.3 is 0 Å². The molecule has 0 aliphatic rings. The Morgan fingerprint density at radius 3 is 2.38 bits per heavy atom. The first-order valence-electron chi connectivity index (χ1n) is 6.94. The number of nitriles is 1. The topological polar surface area (TPSA) is 134 Å². The average Bonchev–Trinajstić information content (AvgIpc) is 2.57. The molecule has 0 spiro atoms. The van der Waals surface area contributed by atoms with Crippen LogP contribution in [0.2, 0.25) is 0 Å². The number of para-hydroxylation sites is 1. The maximum atomic E-state index is 12.1. The lowest BCUT2D eigenvalue weighted by atomic mass is 10.1. The molecule has 0 radical (unpaired) electrons. The number of anilines is 3. The van der Waals surface area contributed by atoms with E-state index in [1.165, 1.54) is 6.20 Å². The zero-order valence-corrected chi connectivity index (χ0v) is 12.6. The number of nitrogens with two attached hydrogens (primary N) is 2. The summed E-state index contributed by atoms with van der Waals surface area (Å²) in [6.07, 6.45) is 1.22. The Bertz CT molecular complexity index is 835. The summed E-state index contributed by atoms with van der Waals surface area (Å²) in [5.41, 5.74) is 12.4. The van der Waals surface area contributed by atoms with Crippen LogP contribution >= 0.6 is 0 Å². The van der Waals surface area contributed by atoms with Crippen molar-refractivity contribution >= 4 is 28.9 Å². The molecule has 2 aromatic rings. The maximum Gasteiger partial charge on any atom is 0.267 e. The lowest BCUT2D eigenvalue weighted by molar-refractivity contribution is -0.112. The van der Waals surface area contributed by atoms with E-state index in [9.17, 15) is 9.59 Å². The van der Waals surface area contributed by atoms with Gasteiger partial charge in [-0.2, -0.15) is 5.26 Å². The van der Waals surface area contributed by atoms with Crippen molar-refractivity contribution in [2.75, 3.05) is 16.4 Å². The van der Waals surface area contributed by atoms with Gasteiger partial charge in [0.25, 0.3) is 11.8 Å². The molecule has 0 saturated heterocycles. The molecule has 0 atom stereocenters. The number of hydrogen-bond acceptors (Lipinski definition) is 5. The second-order valence-electron chi connectivity index (χ2n) is 4.80. The fourth-order valence-corrected chi connectivity index (χ4v) is 1.89. The van der Waals surface area contributed by atoms with Crippen molar-refractivity contribution in [3.05, 3.63) is 65.9 Å². The van der Waals surface area contributed by atoms with Gasteiger partial charge in [-0.05, 0) is 36.4 Å². The standard InChI is InChI=1S/C17H15N5O2/c18-9-11(17(24)22-13-7-5-12(19)6-8-13)10-21-15-4-2-1-3-14(15)16(20)23/h1-8,10,21H,19H2,(H2,20,23)(H,22,24)/b11-10-. The van der Waals surface area contributed by atoms with Crippen molar-refractivity contribution in [3.8, 4) is 6.07 Å². The normalized spacial score (nSPS) is 10.5. The molecule has 7 heteroatoms. The van der Waals surface area contributed by atoms with Crippen LogP contribution in [0.25, 0.3) is 0 Å². The summed E-state index contributed by atoms with van der Waals surface area (Å²) >= 11 is 0. The molecule has 7 nitrogen and oxygen atoms in total. The number of nitrogens with one attached hydrogen (secondary N) is 2. The molecule has 0 unspecified atom stereocenters. The molecule has 0 aliphatic heterocycles. The van der Waals surface area contributed by atoms with Crippen LogP contribution in [0.5, 0.6) is 0 Å². The molecule has 2 rings (SSSR count). The molecule has 2 amide bonds. The van der Waals surface area contributed by atoms with Crippen LogP contribution in [0.3, 0.4) is 0 Å². The van der Waals surface area contributed by atoms with Gasteiger partial charge in [0, 0.05) is 17.6 Å². The number of rotatable bonds is 5. The van der Waals surface area contributed by atoms with Crippen molar-refractivity contribution in [1.29, 1.82) is 5.26 Å². The molecule has 24 heavy (non-hydrogen) atoms. The molecule has 0 aliphatic carbocycles. The number of primary amides is 1. The average molecular weight is 321 g/mol. The third kappa shape index (κ3) is 4.11. The monoisotopic (exact) mass is 321 g/mol. The van der Waals surface area contributed by atoms with Crippen molar-refractivity contribution in [1.82, 2.24) is 0 Å². The molecule has 0 saturated carbocycles. The summed E-state index contributed by atoms with van der Waals surface area (Å²) < 4.78 is 0. The second-order valence-corrected chi connectivity index (χ2v) is 4.80. The zero-order chi connectivity index (χ0) is 17.5. The number of nitrogens with zero attached hydrogens (tertiary/aromatic N) is 1. The number of hydrogen-bond donors (Lipinski definition) is 4. The third-order valence-corrected chi connectivity index (χ3v) is 3.10. The highest BCUT2D eigenvalue weighted by molar-refractivity contribution is 6.07. The summed E-state index contributed by atoms with van der Waals surface area (Å²) in [5.74, 6) is -1.21. The van der Waals surface area contributed by atoms with Gasteiger partial charge in [0.1, 0.15) is 11.6 Å². The van der Waals surface area contributed by atoms with Gasteiger partial charge in [-0.25, -0.2) is 0 Å². The number of nitrogen functional groups attached to an aromatic ring is 1. The minimum absolute atomic E-state index is 0.161. The van der Waals surface area contributed by atoms with Crippen molar-refractivity contribution in [3.63, 3.8) is 0 Å². The molecule has 6 N–H and O–H groups in total. The molecular weight excluding hydrogens is 306 g/mol. The lowest BCUT2D eigenvalue weighted by Crippen LogP contribution is -2.16. The summed E-state index contributed by atoms with van der Waals surface area (Å²) in [7, 11) is 0. The van der Waals surface area contributed by atoms with Crippen molar-refractivity contribution in [2.24, 2.45) is 5.73 Å². The van der Waals surface area contributed by atoms with E-state index in [4.69, 9.17) is 16.7 Å². The summed E-state index contributed by atoms with van der Waals surface area (Å²) in [4.78, 5) is 23.4. The second kappa shape index (κ2) is 7.47. The van der Waals surface area contributed by atoms with Crippen LogP contribution in [-0.2, 0) is 4.79 Å². The fourth-order valence-electron chi connectivity index (χ4n) is 1.89. The number of carbonyl (C=O) groups is 2. The van der Waals surface area contributed by atoms with Gasteiger partial charge in [0.05, 0.1) is 11.3 Å². The Kier molecular flexibility index (Phi) is 5.16. The highest BCUT2D eigenvalue weighted by Crippen LogP contribution is 2.15. The molecule has 0 aromatic heterocycles. The molecule has 0 heterocycles. The van der Waals surface area contributed by atoms with Crippen LogP contribution in [0.15, 0.2) is 60.3 Å². The SMILES string of the molecule is N#C/C(=C/Nc1ccccc1C(N)=O)C(=O)Nc1ccc(N)cc1. The van der Waals surface area contributed by atoms with Crippen molar-refractivity contribution in [2.45, 2.75) is 0 Å². The number of amides is 2. The van der Waals surface area contributed by atoms with E-state index in [2.05, 4.69) is 10.6 Å². The van der Waals surface area contributed by atoms with Gasteiger partial charge in [-0.15, -0.1) is 0 Å². The first-order chi connectivity index (χ1) is 11.5. The van der Waals surface area contributed by atoms with Gasteiger partial charge in [-0.1, -0.05) is 12.1 Å². The van der Waals surface area contributed by atoms with Crippen molar-refractivity contribution < 1.29 is 9.59 Å². The van der Waals surface area contributed by atoms with E-state index in [0.29, 0.717) is 17.1 Å². The Labute approximate surface area is 138 Å². The van der Waals surface area contributed by atoms with Crippen LogP contribution in [0.4, 0.5) is 17.1 Å². The predicted octanol–water partition coefficient (Wildman–Crippen LogP) is 1.83. The minimum atomic E-state index is -0.615. The Morgan fingerprint density at radius 1 is 1.08 bits per heavy atom. The zero-order valence-electron chi connectivity index (χ0n) is 12.6. The highest BCUT2D eigenvalue weighted by atomic mass is 16.2.